The number of piperidine rings is 1. The molecule has 0 unspecified atom stereocenters. The lowest BCUT2D eigenvalue weighted by Gasteiger charge is -2.36. The molecule has 0 N–H and O–H groups in total. The highest BCUT2D eigenvalue weighted by Gasteiger charge is 2.31. The van der Waals surface area contributed by atoms with Gasteiger partial charge in [0.2, 0.25) is 10.0 Å². The molecule has 1 aliphatic heterocycles. The van der Waals surface area contributed by atoms with E-state index in [9.17, 15) is 8.42 Å². The van der Waals surface area contributed by atoms with Crippen LogP contribution >= 0.6 is 0 Å². The van der Waals surface area contributed by atoms with Crippen molar-refractivity contribution in [2.45, 2.75) is 37.6 Å². The number of benzene rings is 1. The third-order valence-corrected chi connectivity index (χ3v) is 6.81. The van der Waals surface area contributed by atoms with Crippen LogP contribution < -0.4 is 9.64 Å². The van der Waals surface area contributed by atoms with E-state index in [0.29, 0.717) is 30.3 Å². The van der Waals surface area contributed by atoms with Crippen LogP contribution in [0.4, 0.5) is 5.82 Å². The Labute approximate surface area is 161 Å². The van der Waals surface area contributed by atoms with E-state index in [1.54, 1.807) is 34.9 Å². The Morgan fingerprint density at radius 1 is 1.19 bits per heavy atom. The number of sulfonamides is 1. The van der Waals surface area contributed by atoms with Gasteiger partial charge in [0.1, 0.15) is 17.9 Å². The molecule has 1 aromatic carbocycles. The number of aryl methyl sites for hydroxylation is 1. The van der Waals surface area contributed by atoms with Crippen LogP contribution in [-0.2, 0) is 10.0 Å². The van der Waals surface area contributed by atoms with Gasteiger partial charge in [0.25, 0.3) is 0 Å². The zero-order chi connectivity index (χ0) is 19.4. The van der Waals surface area contributed by atoms with Crippen molar-refractivity contribution >= 4 is 15.8 Å². The van der Waals surface area contributed by atoms with Gasteiger partial charge >= 0.3 is 0 Å². The van der Waals surface area contributed by atoms with Gasteiger partial charge in [-0.3, -0.25) is 0 Å². The van der Waals surface area contributed by atoms with E-state index in [2.05, 4.69) is 14.9 Å². The topological polar surface area (TPSA) is 75.6 Å². The molecule has 0 aliphatic carbocycles. The minimum Gasteiger partial charge on any atom is -0.494 e. The van der Waals surface area contributed by atoms with Gasteiger partial charge < -0.3 is 9.64 Å². The highest BCUT2D eigenvalue weighted by atomic mass is 32.2. The molecule has 2 heterocycles. The van der Waals surface area contributed by atoms with Crippen LogP contribution in [0.2, 0.25) is 0 Å². The monoisotopic (exact) mass is 390 g/mol. The van der Waals surface area contributed by atoms with E-state index in [-0.39, 0.29) is 6.04 Å². The van der Waals surface area contributed by atoms with Crippen LogP contribution in [-0.4, -0.2) is 55.5 Å². The molecule has 1 saturated heterocycles. The van der Waals surface area contributed by atoms with Crippen molar-refractivity contribution < 1.29 is 13.2 Å². The summed E-state index contributed by atoms with van der Waals surface area (Å²) in [7, 11) is -1.48. The molecule has 146 valence electrons. The number of nitrogens with zero attached hydrogens (tertiary/aromatic N) is 4. The molecule has 27 heavy (non-hydrogen) atoms. The number of hydrogen-bond donors (Lipinski definition) is 0. The third-order valence-electron chi connectivity index (χ3n) is 4.89. The Balaban J connectivity index is 1.65. The first-order valence-electron chi connectivity index (χ1n) is 9.16. The zero-order valence-electron chi connectivity index (χ0n) is 16.0. The van der Waals surface area contributed by atoms with Crippen molar-refractivity contribution in [2.75, 3.05) is 31.6 Å². The summed E-state index contributed by atoms with van der Waals surface area (Å²) in [6.45, 7) is 5.38. The van der Waals surface area contributed by atoms with E-state index in [1.807, 2.05) is 27.0 Å². The van der Waals surface area contributed by atoms with Crippen molar-refractivity contribution in [3.05, 3.63) is 42.4 Å². The summed E-state index contributed by atoms with van der Waals surface area (Å²) in [6, 6.07) is 8.84. The molecule has 0 spiro atoms. The largest absolute Gasteiger partial charge is 0.494 e. The lowest BCUT2D eigenvalue weighted by Crippen LogP contribution is -2.45. The van der Waals surface area contributed by atoms with E-state index < -0.39 is 10.0 Å². The maximum atomic E-state index is 12.9. The summed E-state index contributed by atoms with van der Waals surface area (Å²) in [6.07, 6.45) is 3.08. The van der Waals surface area contributed by atoms with E-state index in [4.69, 9.17) is 4.74 Å². The van der Waals surface area contributed by atoms with Gasteiger partial charge in [-0.25, -0.2) is 18.4 Å². The molecule has 1 fully saturated rings. The second-order valence-electron chi connectivity index (χ2n) is 6.67. The maximum absolute atomic E-state index is 12.9. The summed E-state index contributed by atoms with van der Waals surface area (Å²) in [5.41, 5.74) is 0.919. The molecule has 1 aliphatic rings. The van der Waals surface area contributed by atoms with Gasteiger partial charge in [-0.05, 0) is 51.0 Å². The Bertz CT molecular complexity index is 863. The highest BCUT2D eigenvalue weighted by molar-refractivity contribution is 7.89. The second-order valence-corrected chi connectivity index (χ2v) is 8.61. The smallest absolute Gasteiger partial charge is 0.243 e. The molecular weight excluding hydrogens is 364 g/mol. The van der Waals surface area contributed by atoms with Gasteiger partial charge in [-0.1, -0.05) is 0 Å². The molecule has 2 aromatic rings. The number of aromatic nitrogens is 2. The fourth-order valence-electron chi connectivity index (χ4n) is 3.31. The van der Waals surface area contributed by atoms with Crippen molar-refractivity contribution in [3.8, 4) is 5.75 Å². The summed E-state index contributed by atoms with van der Waals surface area (Å²) in [5, 5.41) is 0. The van der Waals surface area contributed by atoms with Crippen LogP contribution in [0.1, 0.15) is 25.5 Å². The SMILES string of the molecule is CCOc1ccc(S(=O)(=O)N2CCC(N(C)c3cc(C)ncn3)CC2)cc1. The molecule has 0 atom stereocenters. The standard InChI is InChI=1S/C19H26N4O3S/c1-4-26-17-5-7-18(8-6-17)27(24,25)23-11-9-16(10-12-23)22(3)19-13-15(2)20-14-21-19/h5-8,13-14,16H,4,9-12H2,1-3H3. The molecule has 7 nitrogen and oxygen atoms in total. The van der Waals surface area contributed by atoms with Crippen molar-refractivity contribution in [1.29, 1.82) is 0 Å². The number of rotatable bonds is 6. The van der Waals surface area contributed by atoms with Crippen LogP contribution in [0.5, 0.6) is 5.75 Å². The minimum atomic E-state index is -3.48. The van der Waals surface area contributed by atoms with E-state index >= 15 is 0 Å². The fourth-order valence-corrected chi connectivity index (χ4v) is 4.78. The normalized spacial score (nSPS) is 16.3. The molecular formula is C19H26N4O3S. The minimum absolute atomic E-state index is 0.256. The van der Waals surface area contributed by atoms with Gasteiger partial charge in [-0.15, -0.1) is 0 Å². The second kappa shape index (κ2) is 8.22. The van der Waals surface area contributed by atoms with E-state index in [1.165, 1.54) is 0 Å². The average Bonchev–Trinajstić information content (AvgIpc) is 2.68. The Morgan fingerprint density at radius 3 is 2.44 bits per heavy atom. The van der Waals surface area contributed by atoms with E-state index in [0.717, 1.165) is 24.4 Å². The Hall–Kier alpha value is -2.19. The highest BCUT2D eigenvalue weighted by Crippen LogP contribution is 2.26. The quantitative estimate of drug-likeness (QED) is 0.754. The summed E-state index contributed by atoms with van der Waals surface area (Å²) in [4.78, 5) is 10.9. The van der Waals surface area contributed by atoms with Crippen LogP contribution in [0, 0.1) is 6.92 Å². The lowest BCUT2D eigenvalue weighted by atomic mass is 10.1. The summed E-state index contributed by atoms with van der Waals surface area (Å²) in [5.74, 6) is 1.55. The van der Waals surface area contributed by atoms with Gasteiger partial charge in [0.05, 0.1) is 11.5 Å². The van der Waals surface area contributed by atoms with Crippen molar-refractivity contribution in [2.24, 2.45) is 0 Å². The number of anilines is 1. The number of hydrogen-bond acceptors (Lipinski definition) is 6. The zero-order valence-corrected chi connectivity index (χ0v) is 16.8. The first-order chi connectivity index (χ1) is 12.9. The molecule has 0 saturated carbocycles. The average molecular weight is 391 g/mol. The van der Waals surface area contributed by atoms with Crippen LogP contribution in [0.25, 0.3) is 0 Å². The molecule has 8 heteroatoms. The van der Waals surface area contributed by atoms with Crippen LogP contribution in [0.15, 0.2) is 41.6 Å². The Kier molecular flexibility index (Phi) is 5.96. The summed E-state index contributed by atoms with van der Waals surface area (Å²) < 4.78 is 32.8. The molecule has 0 bridgehead atoms. The van der Waals surface area contributed by atoms with Crippen LogP contribution in [0.3, 0.4) is 0 Å². The van der Waals surface area contributed by atoms with Gasteiger partial charge in [0.15, 0.2) is 0 Å². The summed E-state index contributed by atoms with van der Waals surface area (Å²) >= 11 is 0. The predicted octanol–water partition coefficient (Wildman–Crippen LogP) is 2.47. The molecule has 0 amide bonds. The maximum Gasteiger partial charge on any atom is 0.243 e. The van der Waals surface area contributed by atoms with Crippen molar-refractivity contribution in [1.82, 2.24) is 14.3 Å². The third kappa shape index (κ3) is 4.39. The first-order valence-corrected chi connectivity index (χ1v) is 10.6. The fraction of sp³-hybridized carbons (Fsp3) is 0.474. The predicted molar refractivity (Wildman–Crippen MR) is 105 cm³/mol. The number of ether oxygens (including phenoxy) is 1. The molecule has 1 aromatic heterocycles. The molecule has 3 rings (SSSR count). The first kappa shape index (κ1) is 19.6. The lowest BCUT2D eigenvalue weighted by molar-refractivity contribution is 0.314. The van der Waals surface area contributed by atoms with Crippen molar-refractivity contribution in [3.63, 3.8) is 0 Å². The van der Waals surface area contributed by atoms with Gasteiger partial charge in [-0.2, -0.15) is 4.31 Å². The Morgan fingerprint density at radius 2 is 1.85 bits per heavy atom. The van der Waals surface area contributed by atoms with Gasteiger partial charge in [0, 0.05) is 37.9 Å². The molecule has 0 radical (unpaired) electrons.